The Balaban J connectivity index is 1.75. The summed E-state index contributed by atoms with van der Waals surface area (Å²) in [7, 11) is 0. The predicted molar refractivity (Wildman–Crippen MR) is 80.2 cm³/mol. The molecule has 4 nitrogen and oxygen atoms in total. The van der Waals surface area contributed by atoms with Gasteiger partial charge in [-0.15, -0.1) is 0 Å². The number of halogens is 3. The van der Waals surface area contributed by atoms with E-state index < -0.39 is 18.5 Å². The molecular formula is C16H15F3N2O2. The van der Waals surface area contributed by atoms with Crippen LogP contribution in [0.4, 0.5) is 23.7 Å². The molecule has 2 amide bonds. The van der Waals surface area contributed by atoms with E-state index in [1.54, 1.807) is 18.2 Å². The molecule has 0 aliphatic rings. The van der Waals surface area contributed by atoms with Gasteiger partial charge in [0.25, 0.3) is 0 Å². The Morgan fingerprint density at radius 2 is 1.87 bits per heavy atom. The van der Waals surface area contributed by atoms with Crippen molar-refractivity contribution in [2.45, 2.75) is 13.0 Å². The molecule has 0 spiro atoms. The first-order valence-electron chi connectivity index (χ1n) is 6.87. The minimum Gasteiger partial charge on any atom is -0.435 e. The third-order valence-corrected chi connectivity index (χ3v) is 2.93. The summed E-state index contributed by atoms with van der Waals surface area (Å²) in [4.78, 5) is 11.6. The van der Waals surface area contributed by atoms with Gasteiger partial charge in [0.1, 0.15) is 11.6 Å². The van der Waals surface area contributed by atoms with E-state index in [4.69, 9.17) is 0 Å². The molecule has 2 rings (SSSR count). The number of nitrogens with one attached hydrogen (secondary N) is 2. The number of ether oxygens (including phenoxy) is 1. The highest BCUT2D eigenvalue weighted by atomic mass is 19.3. The number of carbonyl (C=O) groups excluding carboxylic acids is 1. The molecule has 2 aromatic rings. The standard InChI is InChI=1S/C16H15F3N2O2/c17-12-2-1-3-13(10-12)21-16(22)20-9-8-11-4-6-14(7-5-11)23-15(18)19/h1-7,10,15H,8-9H2,(H2,20,21,22). The zero-order valence-corrected chi connectivity index (χ0v) is 12.1. The second kappa shape index (κ2) is 8.07. The van der Waals surface area contributed by atoms with Gasteiger partial charge in [-0.3, -0.25) is 0 Å². The lowest BCUT2D eigenvalue weighted by Gasteiger charge is -2.08. The molecule has 2 aromatic carbocycles. The van der Waals surface area contributed by atoms with Crippen molar-refractivity contribution in [1.29, 1.82) is 0 Å². The van der Waals surface area contributed by atoms with Crippen molar-refractivity contribution in [2.75, 3.05) is 11.9 Å². The van der Waals surface area contributed by atoms with E-state index in [1.807, 2.05) is 0 Å². The summed E-state index contributed by atoms with van der Waals surface area (Å²) in [6.45, 7) is -2.51. The lowest BCUT2D eigenvalue weighted by atomic mass is 10.1. The van der Waals surface area contributed by atoms with Crippen molar-refractivity contribution < 1.29 is 22.7 Å². The third kappa shape index (κ3) is 5.90. The van der Waals surface area contributed by atoms with Crippen molar-refractivity contribution in [3.8, 4) is 5.75 Å². The van der Waals surface area contributed by atoms with Gasteiger partial charge in [-0.1, -0.05) is 18.2 Å². The number of hydrogen-bond acceptors (Lipinski definition) is 2. The number of amides is 2. The van der Waals surface area contributed by atoms with Gasteiger partial charge in [0, 0.05) is 12.2 Å². The van der Waals surface area contributed by atoms with Crippen LogP contribution in [0.2, 0.25) is 0 Å². The number of carbonyl (C=O) groups is 1. The second-order valence-electron chi connectivity index (χ2n) is 4.66. The van der Waals surface area contributed by atoms with Crippen LogP contribution in [0.15, 0.2) is 48.5 Å². The van der Waals surface area contributed by atoms with Crippen LogP contribution in [0.3, 0.4) is 0 Å². The number of alkyl halides is 2. The third-order valence-electron chi connectivity index (χ3n) is 2.93. The van der Waals surface area contributed by atoms with Crippen LogP contribution in [-0.2, 0) is 6.42 Å². The summed E-state index contributed by atoms with van der Waals surface area (Å²) < 4.78 is 41.3. The quantitative estimate of drug-likeness (QED) is 0.849. The topological polar surface area (TPSA) is 50.4 Å². The summed E-state index contributed by atoms with van der Waals surface area (Å²) in [5.74, 6) is -0.352. The fourth-order valence-corrected chi connectivity index (χ4v) is 1.90. The average molecular weight is 324 g/mol. The minimum absolute atomic E-state index is 0.0838. The second-order valence-corrected chi connectivity index (χ2v) is 4.66. The largest absolute Gasteiger partial charge is 0.435 e. The van der Waals surface area contributed by atoms with Gasteiger partial charge in [0.15, 0.2) is 0 Å². The van der Waals surface area contributed by atoms with Gasteiger partial charge < -0.3 is 15.4 Å². The van der Waals surface area contributed by atoms with Crippen LogP contribution >= 0.6 is 0 Å². The van der Waals surface area contributed by atoms with E-state index in [0.717, 1.165) is 5.56 Å². The molecule has 0 radical (unpaired) electrons. The molecule has 0 unspecified atom stereocenters. The van der Waals surface area contributed by atoms with Crippen LogP contribution in [-0.4, -0.2) is 19.2 Å². The predicted octanol–water partition coefficient (Wildman–Crippen LogP) is 3.79. The molecule has 23 heavy (non-hydrogen) atoms. The van der Waals surface area contributed by atoms with Gasteiger partial charge in [-0.25, -0.2) is 9.18 Å². The SMILES string of the molecule is O=C(NCCc1ccc(OC(F)F)cc1)Nc1cccc(F)c1. The monoisotopic (exact) mass is 324 g/mol. The van der Waals surface area contributed by atoms with Crippen LogP contribution in [0.25, 0.3) is 0 Å². The van der Waals surface area contributed by atoms with Gasteiger partial charge in [0.05, 0.1) is 0 Å². The summed E-state index contributed by atoms with van der Waals surface area (Å²) >= 11 is 0. The van der Waals surface area contributed by atoms with E-state index in [1.165, 1.54) is 30.3 Å². The summed E-state index contributed by atoms with van der Waals surface area (Å²) in [5, 5.41) is 5.13. The van der Waals surface area contributed by atoms with E-state index in [9.17, 15) is 18.0 Å². The number of anilines is 1. The molecule has 0 aliphatic carbocycles. The van der Waals surface area contributed by atoms with Crippen molar-refractivity contribution in [3.05, 3.63) is 59.9 Å². The summed E-state index contributed by atoms with van der Waals surface area (Å²) in [6.07, 6.45) is 0.519. The van der Waals surface area contributed by atoms with Crippen molar-refractivity contribution in [2.24, 2.45) is 0 Å². The van der Waals surface area contributed by atoms with Gasteiger partial charge in [0.2, 0.25) is 0 Å². The van der Waals surface area contributed by atoms with Gasteiger partial charge in [-0.2, -0.15) is 8.78 Å². The molecule has 7 heteroatoms. The molecule has 0 fully saturated rings. The van der Waals surface area contributed by atoms with Crippen LogP contribution in [0.5, 0.6) is 5.75 Å². The molecule has 0 saturated carbocycles. The maximum atomic E-state index is 13.0. The van der Waals surface area contributed by atoms with Crippen molar-refractivity contribution >= 4 is 11.7 Å². The van der Waals surface area contributed by atoms with Crippen molar-refractivity contribution in [3.63, 3.8) is 0 Å². The highest BCUT2D eigenvalue weighted by molar-refractivity contribution is 5.89. The van der Waals surface area contributed by atoms with Crippen LogP contribution < -0.4 is 15.4 Å². The Morgan fingerprint density at radius 1 is 1.13 bits per heavy atom. The Morgan fingerprint density at radius 3 is 2.52 bits per heavy atom. The fraction of sp³-hybridized carbons (Fsp3) is 0.188. The molecule has 0 heterocycles. The molecule has 0 bridgehead atoms. The molecule has 122 valence electrons. The first-order valence-corrected chi connectivity index (χ1v) is 6.87. The summed E-state index contributed by atoms with van der Waals surface area (Å²) in [5.41, 5.74) is 1.22. The zero-order valence-electron chi connectivity index (χ0n) is 12.1. The van der Waals surface area contributed by atoms with E-state index in [0.29, 0.717) is 18.7 Å². The lowest BCUT2D eigenvalue weighted by Crippen LogP contribution is -2.30. The smallest absolute Gasteiger partial charge is 0.387 e. The summed E-state index contributed by atoms with van der Waals surface area (Å²) in [6, 6.07) is 11.3. The highest BCUT2D eigenvalue weighted by Crippen LogP contribution is 2.15. The van der Waals surface area contributed by atoms with E-state index in [2.05, 4.69) is 15.4 Å². The van der Waals surface area contributed by atoms with Gasteiger partial charge in [-0.05, 0) is 42.3 Å². The Labute approximate surface area is 131 Å². The zero-order chi connectivity index (χ0) is 16.7. The number of rotatable bonds is 6. The Bertz CT molecular complexity index is 648. The van der Waals surface area contributed by atoms with Crippen LogP contribution in [0, 0.1) is 5.82 Å². The molecule has 0 aliphatic heterocycles. The van der Waals surface area contributed by atoms with Crippen LogP contribution in [0.1, 0.15) is 5.56 Å². The van der Waals surface area contributed by atoms with E-state index in [-0.39, 0.29) is 5.75 Å². The Kier molecular flexibility index (Phi) is 5.85. The minimum atomic E-state index is -2.85. The fourth-order valence-electron chi connectivity index (χ4n) is 1.90. The normalized spacial score (nSPS) is 10.4. The molecule has 0 atom stereocenters. The number of urea groups is 1. The average Bonchev–Trinajstić information content (AvgIpc) is 2.48. The highest BCUT2D eigenvalue weighted by Gasteiger charge is 2.05. The number of benzene rings is 2. The van der Waals surface area contributed by atoms with E-state index >= 15 is 0 Å². The lowest BCUT2D eigenvalue weighted by molar-refractivity contribution is -0.0498. The first kappa shape index (κ1) is 16.7. The first-order chi connectivity index (χ1) is 11.0. The van der Waals surface area contributed by atoms with Crippen molar-refractivity contribution in [1.82, 2.24) is 5.32 Å². The molecule has 0 saturated heterocycles. The maximum absolute atomic E-state index is 13.0. The maximum Gasteiger partial charge on any atom is 0.387 e. The molecule has 2 N–H and O–H groups in total. The molecular weight excluding hydrogens is 309 g/mol. The Hall–Kier alpha value is -2.70. The molecule has 0 aromatic heterocycles. The number of hydrogen-bond donors (Lipinski definition) is 2. The van der Waals surface area contributed by atoms with Gasteiger partial charge >= 0.3 is 12.6 Å².